The Morgan fingerprint density at radius 1 is 1.05 bits per heavy atom. The molecule has 0 bridgehead atoms. The maximum atomic E-state index is 11.3. The maximum absolute atomic E-state index is 11.3. The Balaban J connectivity index is 4.89. The molecule has 0 fully saturated rings. The van der Waals surface area contributed by atoms with Crippen LogP contribution in [0.2, 0.25) is 0 Å². The van der Waals surface area contributed by atoms with E-state index in [2.05, 4.69) is 19.7 Å². The van der Waals surface area contributed by atoms with Crippen molar-refractivity contribution in [2.24, 2.45) is 10.2 Å². The van der Waals surface area contributed by atoms with E-state index in [1.807, 2.05) is 0 Å². The van der Waals surface area contributed by atoms with Crippen molar-refractivity contribution in [3.63, 3.8) is 0 Å². The molecule has 0 radical (unpaired) electrons. The van der Waals surface area contributed by atoms with Crippen molar-refractivity contribution < 1.29 is 28.6 Å². The molecule has 1 amide bonds. The van der Waals surface area contributed by atoms with E-state index in [1.165, 1.54) is 14.2 Å². The topological polar surface area (TPSA) is 104 Å². The number of nitrogens with zero attached hydrogens (tertiary/aromatic N) is 2. The van der Waals surface area contributed by atoms with Gasteiger partial charge < -0.3 is 14.2 Å². The van der Waals surface area contributed by atoms with Crippen LogP contribution in [-0.4, -0.2) is 37.9 Å². The molecule has 20 heavy (non-hydrogen) atoms. The molecule has 0 saturated heterocycles. The SMILES string of the molecule is COC(=O)C=C(CC(=O)OC)N=NC(=O)OC(C)(C)C. The van der Waals surface area contributed by atoms with Gasteiger partial charge in [-0.3, -0.25) is 4.79 Å². The lowest BCUT2D eigenvalue weighted by atomic mass is 10.2. The second-order valence-corrected chi connectivity index (χ2v) is 4.59. The number of ether oxygens (including phenoxy) is 3. The molecule has 0 aliphatic heterocycles. The van der Waals surface area contributed by atoms with Gasteiger partial charge >= 0.3 is 18.0 Å². The first kappa shape index (κ1) is 17.8. The van der Waals surface area contributed by atoms with Crippen molar-refractivity contribution in [3.8, 4) is 0 Å². The van der Waals surface area contributed by atoms with E-state index in [0.29, 0.717) is 0 Å². The second kappa shape index (κ2) is 8.03. The highest BCUT2D eigenvalue weighted by Crippen LogP contribution is 2.11. The summed E-state index contributed by atoms with van der Waals surface area (Å²) in [4.78, 5) is 33.6. The molecule has 0 heterocycles. The lowest BCUT2D eigenvalue weighted by Crippen LogP contribution is -2.21. The Morgan fingerprint density at radius 3 is 2.10 bits per heavy atom. The quantitative estimate of drug-likeness (QED) is 0.339. The van der Waals surface area contributed by atoms with Crippen LogP contribution in [0.4, 0.5) is 4.79 Å². The number of methoxy groups -OCH3 is 2. The second-order valence-electron chi connectivity index (χ2n) is 4.59. The monoisotopic (exact) mass is 286 g/mol. The number of azo groups is 1. The third-order valence-electron chi connectivity index (χ3n) is 1.69. The molecule has 0 aromatic carbocycles. The van der Waals surface area contributed by atoms with E-state index in [1.54, 1.807) is 20.8 Å². The average molecular weight is 286 g/mol. The molecule has 0 saturated carbocycles. The van der Waals surface area contributed by atoms with Crippen molar-refractivity contribution in [1.82, 2.24) is 0 Å². The smallest absolute Gasteiger partial charge is 0.452 e. The number of hydrogen-bond donors (Lipinski definition) is 0. The van der Waals surface area contributed by atoms with Gasteiger partial charge in [0.25, 0.3) is 0 Å². The van der Waals surface area contributed by atoms with Gasteiger partial charge in [0.1, 0.15) is 5.60 Å². The van der Waals surface area contributed by atoms with Gasteiger partial charge in [-0.05, 0) is 20.8 Å². The third-order valence-corrected chi connectivity index (χ3v) is 1.69. The molecule has 8 heteroatoms. The average Bonchev–Trinajstić information content (AvgIpc) is 2.33. The van der Waals surface area contributed by atoms with E-state index in [4.69, 9.17) is 4.74 Å². The number of hydrogen-bond acceptors (Lipinski definition) is 7. The summed E-state index contributed by atoms with van der Waals surface area (Å²) in [6.45, 7) is 5.00. The van der Waals surface area contributed by atoms with Crippen molar-refractivity contribution >= 4 is 18.0 Å². The predicted octanol–water partition coefficient (Wildman–Crippen LogP) is 1.99. The van der Waals surface area contributed by atoms with Gasteiger partial charge in [-0.2, -0.15) is 0 Å². The molecule has 0 rings (SSSR count). The fourth-order valence-corrected chi connectivity index (χ4v) is 0.918. The van der Waals surface area contributed by atoms with Crippen LogP contribution in [0.3, 0.4) is 0 Å². The molecule has 0 aromatic heterocycles. The lowest BCUT2D eigenvalue weighted by molar-refractivity contribution is -0.139. The van der Waals surface area contributed by atoms with Crippen LogP contribution in [0.25, 0.3) is 0 Å². The molecular formula is C12H18N2O6. The molecule has 0 aliphatic carbocycles. The maximum Gasteiger partial charge on any atom is 0.452 e. The summed E-state index contributed by atoms with van der Waals surface area (Å²) in [5.74, 6) is -1.37. The molecule has 0 aromatic rings. The first-order chi connectivity index (χ1) is 9.17. The fraction of sp³-hybridized carbons (Fsp3) is 0.583. The van der Waals surface area contributed by atoms with E-state index < -0.39 is 23.6 Å². The summed E-state index contributed by atoms with van der Waals surface area (Å²) in [5.41, 5.74) is -0.792. The van der Waals surface area contributed by atoms with Crippen molar-refractivity contribution in [2.75, 3.05) is 14.2 Å². The van der Waals surface area contributed by atoms with E-state index >= 15 is 0 Å². The molecule has 0 unspecified atom stereocenters. The van der Waals surface area contributed by atoms with Crippen LogP contribution >= 0.6 is 0 Å². The number of carbonyl (C=O) groups excluding carboxylic acids is 3. The predicted molar refractivity (Wildman–Crippen MR) is 67.8 cm³/mol. The largest absolute Gasteiger partial charge is 0.469 e. The van der Waals surface area contributed by atoms with Gasteiger partial charge in [0.2, 0.25) is 0 Å². The minimum atomic E-state index is -0.932. The minimum absolute atomic E-state index is 0.0745. The lowest BCUT2D eigenvalue weighted by Gasteiger charge is -2.16. The molecule has 8 nitrogen and oxygen atoms in total. The minimum Gasteiger partial charge on any atom is -0.469 e. The Bertz CT molecular complexity index is 434. The molecule has 0 atom stereocenters. The van der Waals surface area contributed by atoms with Crippen molar-refractivity contribution in [2.45, 2.75) is 32.8 Å². The number of amides is 1. The van der Waals surface area contributed by atoms with Crippen LogP contribution in [0.5, 0.6) is 0 Å². The van der Waals surface area contributed by atoms with Gasteiger partial charge in [-0.15, -0.1) is 5.11 Å². The molecule has 0 aliphatic rings. The summed E-state index contributed by atoms with van der Waals surface area (Å²) < 4.78 is 13.7. The van der Waals surface area contributed by atoms with Gasteiger partial charge in [-0.25, -0.2) is 9.59 Å². The summed E-state index contributed by atoms with van der Waals surface area (Å²) in [6.07, 6.45) is -0.319. The zero-order valence-corrected chi connectivity index (χ0v) is 12.1. The van der Waals surface area contributed by atoms with Gasteiger partial charge in [0.05, 0.1) is 26.3 Å². The molecule has 112 valence electrons. The van der Waals surface area contributed by atoms with Crippen molar-refractivity contribution in [3.05, 3.63) is 11.8 Å². The Hall–Kier alpha value is -2.25. The summed E-state index contributed by atoms with van der Waals surface area (Å²) in [7, 11) is 2.35. The van der Waals surface area contributed by atoms with Crippen LogP contribution in [0.15, 0.2) is 22.0 Å². The highest BCUT2D eigenvalue weighted by Gasteiger charge is 2.16. The number of esters is 2. The Labute approximate surface area is 116 Å². The number of carbonyl (C=O) groups is 3. The van der Waals surface area contributed by atoms with Crippen LogP contribution in [0, 0.1) is 0 Å². The first-order valence-electron chi connectivity index (χ1n) is 5.68. The molecule has 0 N–H and O–H groups in total. The highest BCUT2D eigenvalue weighted by atomic mass is 16.6. The summed E-state index contributed by atoms with van der Waals surface area (Å²) in [6, 6.07) is 0. The molecular weight excluding hydrogens is 268 g/mol. The van der Waals surface area contributed by atoms with Crippen LogP contribution in [0.1, 0.15) is 27.2 Å². The van der Waals surface area contributed by atoms with E-state index in [0.717, 1.165) is 6.08 Å². The zero-order chi connectivity index (χ0) is 15.8. The third kappa shape index (κ3) is 8.78. The van der Waals surface area contributed by atoms with E-state index in [-0.39, 0.29) is 12.1 Å². The van der Waals surface area contributed by atoms with Crippen LogP contribution < -0.4 is 0 Å². The van der Waals surface area contributed by atoms with Gasteiger partial charge in [0.15, 0.2) is 0 Å². The van der Waals surface area contributed by atoms with E-state index in [9.17, 15) is 14.4 Å². The van der Waals surface area contributed by atoms with Crippen molar-refractivity contribution in [1.29, 1.82) is 0 Å². The highest BCUT2D eigenvalue weighted by molar-refractivity contribution is 5.84. The fourth-order valence-electron chi connectivity index (χ4n) is 0.918. The Kier molecular flexibility index (Phi) is 7.12. The standard InChI is InChI=1S/C12H18N2O6/c1-12(2,3)20-11(17)14-13-8(6-9(15)18-4)7-10(16)19-5/h6H,7H2,1-5H3. The Morgan fingerprint density at radius 2 is 1.65 bits per heavy atom. The normalized spacial score (nSPS) is 12.2. The number of rotatable bonds is 4. The summed E-state index contributed by atoms with van der Waals surface area (Å²) >= 11 is 0. The van der Waals surface area contributed by atoms with Crippen LogP contribution in [-0.2, 0) is 23.8 Å². The molecule has 0 spiro atoms. The zero-order valence-electron chi connectivity index (χ0n) is 12.1. The van der Waals surface area contributed by atoms with Gasteiger partial charge in [-0.1, -0.05) is 5.11 Å². The van der Waals surface area contributed by atoms with Gasteiger partial charge in [0, 0.05) is 6.08 Å². The first-order valence-corrected chi connectivity index (χ1v) is 5.68. The summed E-state index contributed by atoms with van der Waals surface area (Å²) in [5, 5.41) is 6.76.